The minimum absolute atomic E-state index is 0.414. The summed E-state index contributed by atoms with van der Waals surface area (Å²) in [5, 5.41) is 4.28. The number of benzene rings is 1. The Morgan fingerprint density at radius 2 is 1.81 bits per heavy atom. The first-order valence-electron chi connectivity index (χ1n) is 6.21. The molecule has 0 unspecified atom stereocenters. The Morgan fingerprint density at radius 1 is 0.952 bits per heavy atom. The maximum absolute atomic E-state index is 13.2. The summed E-state index contributed by atoms with van der Waals surface area (Å²) >= 11 is 0. The minimum atomic E-state index is -0.912. The molecule has 3 rings (SSSR count). The molecule has 21 heavy (non-hydrogen) atoms. The first kappa shape index (κ1) is 13.4. The summed E-state index contributed by atoms with van der Waals surface area (Å²) in [6.07, 6.45) is 3.13. The van der Waals surface area contributed by atoms with Gasteiger partial charge in [0.2, 0.25) is 5.95 Å². The minimum Gasteiger partial charge on any atom is -0.268 e. The largest absolute Gasteiger partial charge is 0.268 e. The molecule has 3 aromatic rings. The van der Waals surface area contributed by atoms with E-state index in [2.05, 4.69) is 10.1 Å². The van der Waals surface area contributed by atoms with E-state index in [1.165, 1.54) is 18.3 Å². The van der Waals surface area contributed by atoms with Gasteiger partial charge in [0.05, 0.1) is 12.2 Å². The molecule has 0 radical (unpaired) electrons. The number of aromatic nitrogens is 3. The molecule has 3 nitrogen and oxygen atoms in total. The third kappa shape index (κ3) is 2.94. The number of pyridine rings is 1. The van der Waals surface area contributed by atoms with Crippen molar-refractivity contribution >= 4 is 0 Å². The zero-order chi connectivity index (χ0) is 14.8. The molecule has 0 saturated carbocycles. The lowest BCUT2D eigenvalue weighted by atomic mass is 10.1. The summed E-state index contributed by atoms with van der Waals surface area (Å²) in [5.74, 6) is -2.35. The van der Waals surface area contributed by atoms with Crippen LogP contribution in [0.4, 0.5) is 13.2 Å². The predicted molar refractivity (Wildman–Crippen MR) is 70.9 cm³/mol. The fourth-order valence-electron chi connectivity index (χ4n) is 1.95. The highest BCUT2D eigenvalue weighted by atomic mass is 19.2. The van der Waals surface area contributed by atoms with Gasteiger partial charge in [-0.2, -0.15) is 9.49 Å². The van der Waals surface area contributed by atoms with E-state index in [1.54, 1.807) is 23.0 Å². The van der Waals surface area contributed by atoms with E-state index in [4.69, 9.17) is 0 Å². The van der Waals surface area contributed by atoms with E-state index in [0.29, 0.717) is 17.8 Å². The van der Waals surface area contributed by atoms with Crippen molar-refractivity contribution in [1.29, 1.82) is 0 Å². The lowest BCUT2D eigenvalue weighted by Crippen LogP contribution is -2.01. The molecule has 106 valence electrons. The molecule has 1 aromatic carbocycles. The van der Waals surface area contributed by atoms with Crippen LogP contribution in [0.25, 0.3) is 11.3 Å². The Balaban J connectivity index is 1.82. The zero-order valence-electron chi connectivity index (χ0n) is 10.8. The summed E-state index contributed by atoms with van der Waals surface area (Å²) in [6.45, 7) is 0.414. The van der Waals surface area contributed by atoms with Crippen LogP contribution < -0.4 is 0 Å². The van der Waals surface area contributed by atoms with Crippen LogP contribution in [0.3, 0.4) is 0 Å². The Kier molecular flexibility index (Phi) is 3.43. The summed E-state index contributed by atoms with van der Waals surface area (Å²) in [4.78, 5) is 3.56. The van der Waals surface area contributed by atoms with Gasteiger partial charge in [0.25, 0.3) is 0 Å². The van der Waals surface area contributed by atoms with Crippen molar-refractivity contribution in [3.05, 3.63) is 71.9 Å². The molecule has 0 fully saturated rings. The van der Waals surface area contributed by atoms with Crippen molar-refractivity contribution in [2.75, 3.05) is 0 Å². The van der Waals surface area contributed by atoms with Gasteiger partial charge in [-0.3, -0.25) is 4.68 Å². The fraction of sp³-hybridized carbons (Fsp3) is 0.0667. The van der Waals surface area contributed by atoms with Crippen molar-refractivity contribution in [3.63, 3.8) is 0 Å². The van der Waals surface area contributed by atoms with Crippen LogP contribution in [-0.4, -0.2) is 14.8 Å². The Morgan fingerprint density at radius 3 is 2.52 bits per heavy atom. The van der Waals surface area contributed by atoms with E-state index in [0.717, 1.165) is 17.7 Å². The number of rotatable bonds is 3. The third-order valence-electron chi connectivity index (χ3n) is 2.99. The third-order valence-corrected chi connectivity index (χ3v) is 2.99. The van der Waals surface area contributed by atoms with Crippen LogP contribution >= 0.6 is 0 Å². The van der Waals surface area contributed by atoms with Gasteiger partial charge >= 0.3 is 0 Å². The molecule has 0 aliphatic carbocycles. The zero-order valence-corrected chi connectivity index (χ0v) is 10.8. The molecule has 0 amide bonds. The van der Waals surface area contributed by atoms with Gasteiger partial charge in [-0.15, -0.1) is 0 Å². The summed E-state index contributed by atoms with van der Waals surface area (Å²) in [6, 6.07) is 8.21. The second-order valence-corrected chi connectivity index (χ2v) is 4.52. The number of nitrogens with zero attached hydrogens (tertiary/aromatic N) is 3. The van der Waals surface area contributed by atoms with Gasteiger partial charge in [0.15, 0.2) is 11.6 Å². The van der Waals surface area contributed by atoms with Gasteiger partial charge in [0, 0.05) is 18.0 Å². The maximum atomic E-state index is 13.2. The van der Waals surface area contributed by atoms with Crippen LogP contribution in [0.1, 0.15) is 5.56 Å². The topological polar surface area (TPSA) is 30.7 Å². The average molecular weight is 289 g/mol. The van der Waals surface area contributed by atoms with E-state index in [-0.39, 0.29) is 0 Å². The number of hydrogen-bond donors (Lipinski definition) is 0. The molecule has 2 aromatic heterocycles. The van der Waals surface area contributed by atoms with Crippen LogP contribution in [0.5, 0.6) is 0 Å². The molecular formula is C15H10F3N3. The quantitative estimate of drug-likeness (QED) is 0.692. The van der Waals surface area contributed by atoms with Gasteiger partial charge in [-0.25, -0.2) is 13.8 Å². The van der Waals surface area contributed by atoms with Crippen LogP contribution in [0.2, 0.25) is 0 Å². The highest BCUT2D eigenvalue weighted by Gasteiger charge is 2.07. The first-order chi connectivity index (χ1) is 10.1. The average Bonchev–Trinajstić information content (AvgIpc) is 2.93. The van der Waals surface area contributed by atoms with Crippen molar-refractivity contribution in [1.82, 2.24) is 14.8 Å². The number of hydrogen-bond acceptors (Lipinski definition) is 2. The highest BCUT2D eigenvalue weighted by Crippen LogP contribution is 2.19. The number of halogens is 3. The molecule has 0 bridgehead atoms. The maximum Gasteiger partial charge on any atom is 0.212 e. The summed E-state index contributed by atoms with van der Waals surface area (Å²) < 4.78 is 40.4. The van der Waals surface area contributed by atoms with Gasteiger partial charge in [-0.05, 0) is 35.9 Å². The molecule has 0 aliphatic rings. The van der Waals surface area contributed by atoms with Crippen molar-refractivity contribution in [2.45, 2.75) is 6.54 Å². The molecule has 0 aliphatic heterocycles. The lowest BCUT2D eigenvalue weighted by Gasteiger charge is -2.02. The molecule has 0 saturated heterocycles. The smallest absolute Gasteiger partial charge is 0.212 e. The van der Waals surface area contributed by atoms with Gasteiger partial charge < -0.3 is 0 Å². The van der Waals surface area contributed by atoms with E-state index < -0.39 is 17.6 Å². The van der Waals surface area contributed by atoms with Crippen LogP contribution in [0, 0.1) is 17.6 Å². The molecule has 0 atom stereocenters. The van der Waals surface area contributed by atoms with Crippen molar-refractivity contribution in [2.24, 2.45) is 0 Å². The van der Waals surface area contributed by atoms with E-state index >= 15 is 0 Å². The van der Waals surface area contributed by atoms with Crippen LogP contribution in [0.15, 0.2) is 48.8 Å². The molecule has 0 spiro atoms. The molecule has 2 heterocycles. The Hall–Kier alpha value is -2.63. The summed E-state index contributed by atoms with van der Waals surface area (Å²) in [5.41, 5.74) is 1.81. The second-order valence-electron chi connectivity index (χ2n) is 4.52. The predicted octanol–water partition coefficient (Wildman–Crippen LogP) is 3.41. The van der Waals surface area contributed by atoms with Gasteiger partial charge in [-0.1, -0.05) is 6.07 Å². The SMILES string of the molecule is Fc1ccc(Cn2ccc(-c3ccc(F)c(F)c3)n2)cn1. The second kappa shape index (κ2) is 5.40. The van der Waals surface area contributed by atoms with Crippen molar-refractivity contribution in [3.8, 4) is 11.3 Å². The van der Waals surface area contributed by atoms with E-state index in [9.17, 15) is 13.2 Å². The first-order valence-corrected chi connectivity index (χ1v) is 6.21. The van der Waals surface area contributed by atoms with Crippen molar-refractivity contribution < 1.29 is 13.2 Å². The highest BCUT2D eigenvalue weighted by molar-refractivity contribution is 5.58. The van der Waals surface area contributed by atoms with E-state index in [1.807, 2.05) is 0 Å². The van der Waals surface area contributed by atoms with Crippen LogP contribution in [-0.2, 0) is 6.54 Å². The Bertz CT molecular complexity index is 766. The van der Waals surface area contributed by atoms with Gasteiger partial charge in [0.1, 0.15) is 0 Å². The monoisotopic (exact) mass is 289 g/mol. The molecule has 0 N–H and O–H groups in total. The Labute approximate surface area is 118 Å². The summed E-state index contributed by atoms with van der Waals surface area (Å²) in [7, 11) is 0. The standard InChI is InChI=1S/C15H10F3N3/c16-12-3-2-11(7-13(12)17)14-5-6-21(20-14)9-10-1-4-15(18)19-8-10/h1-8H,9H2. The lowest BCUT2D eigenvalue weighted by molar-refractivity contribution is 0.509. The normalized spacial score (nSPS) is 10.8. The molecular weight excluding hydrogens is 279 g/mol. The fourth-order valence-corrected chi connectivity index (χ4v) is 1.95. The molecule has 6 heteroatoms.